The number of unbranched alkanes of at least 4 members (excludes halogenated alkanes) is 6. The normalized spacial score (nSPS) is 12.5. The molecular weight excluding hydrogens is 376 g/mol. The van der Waals surface area contributed by atoms with E-state index < -0.39 is 0 Å². The lowest BCUT2D eigenvalue weighted by atomic mass is 10.1. The lowest BCUT2D eigenvalue weighted by molar-refractivity contribution is -0.143. The van der Waals surface area contributed by atoms with E-state index in [0.29, 0.717) is 19.6 Å². The fourth-order valence-electron chi connectivity index (χ4n) is 3.12. The van der Waals surface area contributed by atoms with Crippen molar-refractivity contribution in [3.05, 3.63) is 48.1 Å². The summed E-state index contributed by atoms with van der Waals surface area (Å²) in [6.45, 7) is 5.04. The van der Waals surface area contributed by atoms with Gasteiger partial charge in [-0.15, -0.1) is 0 Å². The van der Waals surface area contributed by atoms with Crippen molar-refractivity contribution in [2.45, 2.75) is 84.2 Å². The highest BCUT2D eigenvalue weighted by Crippen LogP contribution is 2.20. The van der Waals surface area contributed by atoms with Crippen LogP contribution in [0.5, 0.6) is 5.75 Å². The van der Waals surface area contributed by atoms with E-state index in [1.54, 1.807) is 0 Å². The van der Waals surface area contributed by atoms with Gasteiger partial charge < -0.3 is 14.6 Å². The predicted molar refractivity (Wildman–Crippen MR) is 125 cm³/mol. The first-order chi connectivity index (χ1) is 14.7. The minimum absolute atomic E-state index is 0.147. The van der Waals surface area contributed by atoms with Crippen LogP contribution in [0.25, 0.3) is 6.08 Å². The summed E-state index contributed by atoms with van der Waals surface area (Å²) in [4.78, 5) is 11.3. The maximum absolute atomic E-state index is 11.3. The number of aliphatic hydroxyl groups is 1. The van der Waals surface area contributed by atoms with Crippen molar-refractivity contribution < 1.29 is 19.4 Å². The third kappa shape index (κ3) is 13.2. The zero-order valence-electron chi connectivity index (χ0n) is 18.9. The second kappa shape index (κ2) is 17.8. The Morgan fingerprint density at radius 3 is 2.57 bits per heavy atom. The van der Waals surface area contributed by atoms with E-state index in [4.69, 9.17) is 9.47 Å². The molecule has 0 fully saturated rings. The van der Waals surface area contributed by atoms with Crippen LogP contribution >= 0.6 is 0 Å². The zero-order chi connectivity index (χ0) is 21.9. The van der Waals surface area contributed by atoms with Gasteiger partial charge in [0.05, 0.1) is 19.3 Å². The molecule has 0 saturated heterocycles. The summed E-state index contributed by atoms with van der Waals surface area (Å²) in [5.41, 5.74) is 0.998. The van der Waals surface area contributed by atoms with Crippen LogP contribution < -0.4 is 4.74 Å². The molecule has 0 spiro atoms. The molecule has 0 amide bonds. The van der Waals surface area contributed by atoms with Gasteiger partial charge in [0, 0.05) is 12.0 Å². The van der Waals surface area contributed by atoms with E-state index in [-0.39, 0.29) is 12.1 Å². The highest BCUT2D eigenvalue weighted by Gasteiger charge is 2.03. The van der Waals surface area contributed by atoms with Crippen LogP contribution in [0.1, 0.15) is 83.6 Å². The highest BCUT2D eigenvalue weighted by atomic mass is 16.5. The molecule has 0 bridgehead atoms. The van der Waals surface area contributed by atoms with Crippen LogP contribution in [-0.2, 0) is 9.53 Å². The quantitative estimate of drug-likeness (QED) is 0.179. The van der Waals surface area contributed by atoms with Crippen LogP contribution in [0.3, 0.4) is 0 Å². The van der Waals surface area contributed by atoms with Crippen LogP contribution in [0.15, 0.2) is 42.5 Å². The van der Waals surface area contributed by atoms with E-state index in [0.717, 1.165) is 37.0 Å². The summed E-state index contributed by atoms with van der Waals surface area (Å²) in [6.07, 6.45) is 17.5. The van der Waals surface area contributed by atoms with Gasteiger partial charge in [-0.25, -0.2) is 0 Å². The van der Waals surface area contributed by atoms with Gasteiger partial charge in [-0.1, -0.05) is 88.0 Å². The van der Waals surface area contributed by atoms with E-state index in [1.807, 2.05) is 55.5 Å². The molecular formula is C26H40O4. The second-order valence-corrected chi connectivity index (χ2v) is 7.52. The summed E-state index contributed by atoms with van der Waals surface area (Å²) in [5, 5.41) is 10.1. The standard InChI is InChI=1S/C26H40O4/c1-3-5-6-7-8-9-18-24(27)19-12-10-16-23-17-11-13-20-25(23)30-22-15-14-21-26(28)29-4-2/h10-13,16-17,19-20,24,27H,3-9,14-15,18,21-22H2,1-2H3/b16-10+,19-12+. The van der Waals surface area contributed by atoms with Gasteiger partial charge in [0.2, 0.25) is 0 Å². The number of rotatable bonds is 17. The molecule has 1 rings (SSSR count). The first-order valence-corrected chi connectivity index (χ1v) is 11.6. The predicted octanol–water partition coefficient (Wildman–Crippen LogP) is 6.48. The molecule has 168 valence electrons. The molecule has 0 aliphatic rings. The second-order valence-electron chi connectivity index (χ2n) is 7.52. The molecule has 4 heteroatoms. The van der Waals surface area contributed by atoms with Crippen LogP contribution in [0.4, 0.5) is 0 Å². The summed E-state index contributed by atoms with van der Waals surface area (Å²) in [5.74, 6) is 0.678. The molecule has 0 aliphatic heterocycles. The molecule has 0 radical (unpaired) electrons. The monoisotopic (exact) mass is 416 g/mol. The van der Waals surface area contributed by atoms with Gasteiger partial charge in [0.1, 0.15) is 5.75 Å². The number of carbonyl (C=O) groups excluding carboxylic acids is 1. The average molecular weight is 417 g/mol. The fourth-order valence-corrected chi connectivity index (χ4v) is 3.12. The molecule has 1 N–H and O–H groups in total. The molecule has 0 saturated carbocycles. The summed E-state index contributed by atoms with van der Waals surface area (Å²) in [6, 6.07) is 7.88. The number of aliphatic hydroxyl groups excluding tert-OH is 1. The Morgan fingerprint density at radius 2 is 1.77 bits per heavy atom. The number of esters is 1. The largest absolute Gasteiger partial charge is 0.493 e. The van der Waals surface area contributed by atoms with Crippen molar-refractivity contribution >= 4 is 12.0 Å². The minimum Gasteiger partial charge on any atom is -0.493 e. The molecule has 1 aromatic rings. The van der Waals surface area contributed by atoms with Gasteiger partial charge in [-0.3, -0.25) is 4.79 Å². The number of ether oxygens (including phenoxy) is 2. The van der Waals surface area contributed by atoms with Gasteiger partial charge in [-0.05, 0) is 32.3 Å². The zero-order valence-corrected chi connectivity index (χ0v) is 18.9. The maximum atomic E-state index is 11.3. The van der Waals surface area contributed by atoms with Crippen molar-refractivity contribution in [1.29, 1.82) is 0 Å². The van der Waals surface area contributed by atoms with Crippen molar-refractivity contribution in [3.63, 3.8) is 0 Å². The SMILES string of the molecule is CCCCCCCCC(O)/C=C/C=C/c1ccccc1OCCCCC(=O)OCC. The van der Waals surface area contributed by atoms with Crippen molar-refractivity contribution in [2.75, 3.05) is 13.2 Å². The lowest BCUT2D eigenvalue weighted by Crippen LogP contribution is -2.05. The van der Waals surface area contributed by atoms with Crippen molar-refractivity contribution in [1.82, 2.24) is 0 Å². The Kier molecular flexibility index (Phi) is 15.4. The van der Waals surface area contributed by atoms with Gasteiger partial charge in [-0.2, -0.15) is 0 Å². The van der Waals surface area contributed by atoms with Crippen molar-refractivity contribution in [2.24, 2.45) is 0 Å². The smallest absolute Gasteiger partial charge is 0.305 e. The minimum atomic E-state index is -0.383. The van der Waals surface area contributed by atoms with Gasteiger partial charge in [0.15, 0.2) is 0 Å². The third-order valence-corrected chi connectivity index (χ3v) is 4.83. The first kappa shape index (κ1) is 26.0. The number of hydrogen-bond donors (Lipinski definition) is 1. The lowest BCUT2D eigenvalue weighted by Gasteiger charge is -2.09. The third-order valence-electron chi connectivity index (χ3n) is 4.83. The summed E-state index contributed by atoms with van der Waals surface area (Å²) >= 11 is 0. The molecule has 0 aliphatic carbocycles. The Hall–Kier alpha value is -2.07. The molecule has 1 unspecified atom stereocenters. The number of hydrogen-bond acceptors (Lipinski definition) is 4. The van der Waals surface area contributed by atoms with Crippen molar-refractivity contribution in [3.8, 4) is 5.75 Å². The molecule has 4 nitrogen and oxygen atoms in total. The van der Waals surface area contributed by atoms with Crippen LogP contribution in [-0.4, -0.2) is 30.4 Å². The Bertz CT molecular complexity index is 621. The van der Waals surface area contributed by atoms with Gasteiger partial charge in [0.25, 0.3) is 0 Å². The first-order valence-electron chi connectivity index (χ1n) is 11.6. The van der Waals surface area contributed by atoms with Crippen LogP contribution in [0.2, 0.25) is 0 Å². The maximum Gasteiger partial charge on any atom is 0.305 e. The average Bonchev–Trinajstić information content (AvgIpc) is 2.74. The number of carbonyl (C=O) groups is 1. The van der Waals surface area contributed by atoms with E-state index >= 15 is 0 Å². The molecule has 30 heavy (non-hydrogen) atoms. The molecule has 1 atom stereocenters. The molecule has 0 aromatic heterocycles. The number of benzene rings is 1. The molecule has 0 heterocycles. The summed E-state index contributed by atoms with van der Waals surface area (Å²) < 4.78 is 10.8. The number of allylic oxidation sites excluding steroid dienone is 2. The Balaban J connectivity index is 2.31. The van der Waals surface area contributed by atoms with E-state index in [9.17, 15) is 9.90 Å². The van der Waals surface area contributed by atoms with Gasteiger partial charge >= 0.3 is 5.97 Å². The Morgan fingerprint density at radius 1 is 1.00 bits per heavy atom. The van der Waals surface area contributed by atoms with Crippen LogP contribution in [0, 0.1) is 0 Å². The topological polar surface area (TPSA) is 55.8 Å². The Labute approximate surface area is 183 Å². The number of para-hydroxylation sites is 1. The molecule has 1 aromatic carbocycles. The van der Waals surface area contributed by atoms with E-state index in [1.165, 1.54) is 32.1 Å². The summed E-state index contributed by atoms with van der Waals surface area (Å²) in [7, 11) is 0. The highest BCUT2D eigenvalue weighted by molar-refractivity contribution is 5.69. The van der Waals surface area contributed by atoms with E-state index in [2.05, 4.69) is 6.92 Å². The fraction of sp³-hybridized carbons (Fsp3) is 0.577.